The van der Waals surface area contributed by atoms with Crippen LogP contribution in [0.3, 0.4) is 0 Å². The summed E-state index contributed by atoms with van der Waals surface area (Å²) in [5.41, 5.74) is 5.99. The average Bonchev–Trinajstić information content (AvgIpc) is 2.77. The molecule has 2 rings (SSSR count). The molecule has 1 aliphatic rings. The maximum absolute atomic E-state index is 12.6. The summed E-state index contributed by atoms with van der Waals surface area (Å²) in [5, 5.41) is 0. The lowest BCUT2D eigenvalue weighted by molar-refractivity contribution is -0.137. The van der Waals surface area contributed by atoms with Crippen molar-refractivity contribution in [2.45, 2.75) is 32.1 Å². The monoisotopic (exact) mass is 272 g/mol. The van der Waals surface area contributed by atoms with Crippen LogP contribution in [0.1, 0.15) is 24.5 Å². The Kier molecular flexibility index (Phi) is 4.16. The molecule has 0 radical (unpaired) electrons. The molecule has 0 amide bonds. The molecule has 1 aliphatic heterocycles. The fourth-order valence-electron chi connectivity index (χ4n) is 2.54. The lowest BCUT2D eigenvalue weighted by Crippen LogP contribution is -2.29. The van der Waals surface area contributed by atoms with Crippen molar-refractivity contribution in [3.8, 4) is 0 Å². The Balaban J connectivity index is 2.01. The van der Waals surface area contributed by atoms with Gasteiger partial charge in [0.2, 0.25) is 0 Å². The minimum absolute atomic E-state index is 0.145. The predicted molar refractivity (Wildman–Crippen MR) is 68.5 cm³/mol. The molecular formula is C14H19F3N2. The number of nitrogens with zero attached hydrogens (tertiary/aromatic N) is 1. The number of rotatable bonds is 3. The quantitative estimate of drug-likeness (QED) is 0.916. The highest BCUT2D eigenvalue weighted by Gasteiger charge is 2.31. The molecule has 1 aromatic rings. The Bertz CT molecular complexity index is 429. The summed E-state index contributed by atoms with van der Waals surface area (Å²) in [6.45, 7) is 4.32. The summed E-state index contributed by atoms with van der Waals surface area (Å²) in [6, 6.07) is 5.70. The highest BCUT2D eigenvalue weighted by molar-refractivity contribution is 5.25. The first kappa shape index (κ1) is 14.3. The van der Waals surface area contributed by atoms with Crippen molar-refractivity contribution in [1.29, 1.82) is 0 Å². The van der Waals surface area contributed by atoms with Gasteiger partial charge < -0.3 is 5.73 Å². The summed E-state index contributed by atoms with van der Waals surface area (Å²) in [6.07, 6.45) is -3.24. The highest BCUT2D eigenvalue weighted by atomic mass is 19.4. The first-order valence-electron chi connectivity index (χ1n) is 6.50. The summed E-state index contributed by atoms with van der Waals surface area (Å²) in [5.74, 6) is 0.450. The van der Waals surface area contributed by atoms with Crippen LogP contribution in [0.25, 0.3) is 0 Å². The number of hydrogen-bond donors (Lipinski definition) is 1. The zero-order valence-corrected chi connectivity index (χ0v) is 11.0. The Morgan fingerprint density at radius 1 is 1.42 bits per heavy atom. The van der Waals surface area contributed by atoms with Gasteiger partial charge in [-0.2, -0.15) is 13.2 Å². The molecule has 5 heteroatoms. The molecule has 0 saturated carbocycles. The van der Waals surface area contributed by atoms with E-state index < -0.39 is 11.7 Å². The second-order valence-electron chi connectivity index (χ2n) is 5.34. The minimum Gasteiger partial charge on any atom is -0.328 e. The van der Waals surface area contributed by atoms with E-state index in [1.165, 1.54) is 12.1 Å². The van der Waals surface area contributed by atoms with E-state index in [9.17, 15) is 13.2 Å². The molecule has 19 heavy (non-hydrogen) atoms. The van der Waals surface area contributed by atoms with E-state index in [1.54, 1.807) is 6.07 Å². The van der Waals surface area contributed by atoms with Gasteiger partial charge in [0.25, 0.3) is 0 Å². The summed E-state index contributed by atoms with van der Waals surface area (Å²) in [4.78, 5) is 2.17. The van der Waals surface area contributed by atoms with Crippen molar-refractivity contribution in [1.82, 2.24) is 4.90 Å². The molecule has 0 aromatic heterocycles. The molecule has 106 valence electrons. The molecule has 2 N–H and O–H groups in total. The fraction of sp³-hybridized carbons (Fsp3) is 0.571. The Morgan fingerprint density at radius 2 is 2.16 bits per heavy atom. The zero-order valence-electron chi connectivity index (χ0n) is 11.0. The van der Waals surface area contributed by atoms with Gasteiger partial charge in [0.15, 0.2) is 0 Å². The summed E-state index contributed by atoms with van der Waals surface area (Å²) >= 11 is 0. The summed E-state index contributed by atoms with van der Waals surface area (Å²) in [7, 11) is 0. The van der Waals surface area contributed by atoms with Gasteiger partial charge >= 0.3 is 6.18 Å². The standard InChI is InChI=1S/C14H19F3N2/c1-10(18)12-5-6-19(9-12)8-11-3-2-4-13(7-11)14(15,16)17/h2-4,7,10,12H,5-6,8-9,18H2,1H3. The molecule has 2 atom stereocenters. The third kappa shape index (κ3) is 3.70. The third-order valence-electron chi connectivity index (χ3n) is 3.71. The van der Waals surface area contributed by atoms with Gasteiger partial charge in [-0.1, -0.05) is 18.2 Å². The Hall–Kier alpha value is -1.07. The first-order valence-corrected chi connectivity index (χ1v) is 6.50. The van der Waals surface area contributed by atoms with Crippen LogP contribution in [0, 0.1) is 5.92 Å². The van der Waals surface area contributed by atoms with Gasteiger partial charge in [0.05, 0.1) is 5.56 Å². The molecular weight excluding hydrogens is 253 g/mol. The van der Waals surface area contributed by atoms with Gasteiger partial charge in [-0.3, -0.25) is 4.90 Å². The van der Waals surface area contributed by atoms with Crippen LogP contribution >= 0.6 is 0 Å². The van der Waals surface area contributed by atoms with Crippen LogP contribution < -0.4 is 5.73 Å². The smallest absolute Gasteiger partial charge is 0.328 e. The van der Waals surface area contributed by atoms with E-state index in [0.29, 0.717) is 18.0 Å². The van der Waals surface area contributed by atoms with Crippen LogP contribution in [0.2, 0.25) is 0 Å². The first-order chi connectivity index (χ1) is 8.86. The van der Waals surface area contributed by atoms with Gasteiger partial charge in [-0.05, 0) is 37.4 Å². The number of likely N-dealkylation sites (tertiary alicyclic amines) is 1. The van der Waals surface area contributed by atoms with Crippen LogP contribution in [-0.4, -0.2) is 24.0 Å². The second-order valence-corrected chi connectivity index (χ2v) is 5.34. The van der Waals surface area contributed by atoms with Crippen molar-refractivity contribution >= 4 is 0 Å². The lowest BCUT2D eigenvalue weighted by Gasteiger charge is -2.18. The van der Waals surface area contributed by atoms with Gasteiger partial charge in [-0.15, -0.1) is 0 Å². The molecule has 1 fully saturated rings. The van der Waals surface area contributed by atoms with Gasteiger partial charge in [0, 0.05) is 19.1 Å². The predicted octanol–water partition coefficient (Wildman–Crippen LogP) is 2.87. The minimum atomic E-state index is -4.27. The molecule has 0 bridgehead atoms. The van der Waals surface area contributed by atoms with Crippen molar-refractivity contribution in [3.05, 3.63) is 35.4 Å². The number of halogens is 3. The normalized spacial score (nSPS) is 22.7. The van der Waals surface area contributed by atoms with Crippen molar-refractivity contribution < 1.29 is 13.2 Å². The van der Waals surface area contributed by atoms with Crippen LogP contribution in [0.5, 0.6) is 0 Å². The number of benzene rings is 1. The Labute approximate surface area is 111 Å². The summed E-state index contributed by atoms with van der Waals surface area (Å²) < 4.78 is 37.9. The maximum Gasteiger partial charge on any atom is 0.416 e. The highest BCUT2D eigenvalue weighted by Crippen LogP contribution is 2.30. The Morgan fingerprint density at radius 3 is 2.74 bits per heavy atom. The molecule has 1 heterocycles. The van der Waals surface area contributed by atoms with Crippen molar-refractivity contribution in [2.75, 3.05) is 13.1 Å². The molecule has 0 aliphatic carbocycles. The van der Waals surface area contributed by atoms with Crippen LogP contribution in [0.4, 0.5) is 13.2 Å². The number of alkyl halides is 3. The van der Waals surface area contributed by atoms with E-state index in [1.807, 2.05) is 6.92 Å². The van der Waals surface area contributed by atoms with Crippen LogP contribution in [0.15, 0.2) is 24.3 Å². The van der Waals surface area contributed by atoms with E-state index >= 15 is 0 Å². The zero-order chi connectivity index (χ0) is 14.0. The average molecular weight is 272 g/mol. The maximum atomic E-state index is 12.6. The largest absolute Gasteiger partial charge is 0.416 e. The van der Waals surface area contributed by atoms with Crippen LogP contribution in [-0.2, 0) is 12.7 Å². The molecule has 1 saturated heterocycles. The van der Waals surface area contributed by atoms with E-state index in [2.05, 4.69) is 4.90 Å². The molecule has 1 aromatic carbocycles. The molecule has 2 unspecified atom stereocenters. The van der Waals surface area contributed by atoms with Gasteiger partial charge in [0.1, 0.15) is 0 Å². The lowest BCUT2D eigenvalue weighted by atomic mass is 10.0. The second kappa shape index (κ2) is 5.51. The van der Waals surface area contributed by atoms with Gasteiger partial charge in [-0.25, -0.2) is 0 Å². The number of hydrogen-bond acceptors (Lipinski definition) is 2. The SMILES string of the molecule is CC(N)C1CCN(Cc2cccc(C(F)(F)F)c2)C1. The van der Waals surface area contributed by atoms with Crippen molar-refractivity contribution in [2.24, 2.45) is 11.7 Å². The van der Waals surface area contributed by atoms with Crippen molar-refractivity contribution in [3.63, 3.8) is 0 Å². The molecule has 2 nitrogen and oxygen atoms in total. The van der Waals surface area contributed by atoms with E-state index in [0.717, 1.165) is 25.6 Å². The fourth-order valence-corrected chi connectivity index (χ4v) is 2.54. The van der Waals surface area contributed by atoms with E-state index in [4.69, 9.17) is 5.73 Å². The molecule has 0 spiro atoms. The number of nitrogens with two attached hydrogens (primary N) is 1. The topological polar surface area (TPSA) is 29.3 Å². The van der Waals surface area contributed by atoms with E-state index in [-0.39, 0.29) is 6.04 Å². The third-order valence-corrected chi connectivity index (χ3v) is 3.71.